The van der Waals surface area contributed by atoms with Gasteiger partial charge < -0.3 is 9.88 Å². The Kier molecular flexibility index (Phi) is 2.07. The predicted molar refractivity (Wildman–Crippen MR) is 65.5 cm³/mol. The summed E-state index contributed by atoms with van der Waals surface area (Å²) in [6.45, 7) is 3.58. The molecule has 4 nitrogen and oxygen atoms in total. The first-order valence-electron chi connectivity index (χ1n) is 5.18. The number of rotatable bonds is 0. The molecule has 2 heterocycles. The largest absolute Gasteiger partial charge is 0.320 e. The van der Waals surface area contributed by atoms with E-state index in [9.17, 15) is 9.18 Å². The van der Waals surface area contributed by atoms with Gasteiger partial charge in [-0.05, 0) is 35.8 Å². The predicted octanol–water partition coefficient (Wildman–Crippen LogP) is 2.76. The molecule has 0 spiro atoms. The summed E-state index contributed by atoms with van der Waals surface area (Å²) in [6, 6.07) is 1.26. The monoisotopic (exact) mass is 297 g/mol. The highest BCUT2D eigenvalue weighted by Gasteiger charge is 2.30. The van der Waals surface area contributed by atoms with Crippen molar-refractivity contribution in [2.45, 2.75) is 19.9 Å². The van der Waals surface area contributed by atoms with E-state index in [0.717, 1.165) is 0 Å². The third-order valence-corrected chi connectivity index (χ3v) is 3.64. The molecule has 1 aliphatic heterocycles. The number of aromatic nitrogens is 2. The number of nitrogens with zero attached hydrogens (tertiary/aromatic N) is 2. The summed E-state index contributed by atoms with van der Waals surface area (Å²) in [5.74, 6) is 0.0249. The fourth-order valence-electron chi connectivity index (χ4n) is 2.26. The van der Waals surface area contributed by atoms with Gasteiger partial charge in [0.25, 0.3) is 0 Å². The molecule has 1 unspecified atom stereocenters. The molecule has 1 aromatic heterocycles. The third kappa shape index (κ3) is 1.27. The molecular weight excluding hydrogens is 289 g/mol. The van der Waals surface area contributed by atoms with Crippen molar-refractivity contribution in [3.8, 4) is 0 Å². The molecule has 1 amide bonds. The van der Waals surface area contributed by atoms with Crippen molar-refractivity contribution in [2.75, 3.05) is 5.32 Å². The maximum atomic E-state index is 14.0. The second-order valence-electron chi connectivity index (χ2n) is 4.11. The maximum Gasteiger partial charge on any atom is 0.247 e. The zero-order chi connectivity index (χ0) is 12.3. The van der Waals surface area contributed by atoms with E-state index in [1.54, 1.807) is 17.6 Å². The molecule has 0 bridgehead atoms. The lowest BCUT2D eigenvalue weighted by Crippen LogP contribution is -2.29. The smallest absolute Gasteiger partial charge is 0.247 e. The average Bonchev–Trinajstić information content (AvgIpc) is 2.59. The Hall–Kier alpha value is -1.43. The second kappa shape index (κ2) is 3.29. The van der Waals surface area contributed by atoms with Crippen LogP contribution in [0.2, 0.25) is 0 Å². The molecule has 1 atom stereocenters. The van der Waals surface area contributed by atoms with Crippen molar-refractivity contribution in [3.63, 3.8) is 0 Å². The number of halogens is 2. The highest BCUT2D eigenvalue weighted by Crippen LogP contribution is 2.37. The van der Waals surface area contributed by atoms with Crippen LogP contribution in [0.25, 0.3) is 11.0 Å². The lowest BCUT2D eigenvalue weighted by atomic mass is 10.1. The number of imidazole rings is 1. The molecule has 17 heavy (non-hydrogen) atoms. The van der Waals surface area contributed by atoms with E-state index in [0.29, 0.717) is 21.3 Å². The minimum atomic E-state index is -0.459. The topological polar surface area (TPSA) is 46.9 Å². The first kappa shape index (κ1) is 10.7. The van der Waals surface area contributed by atoms with E-state index in [-0.39, 0.29) is 17.6 Å². The summed E-state index contributed by atoms with van der Waals surface area (Å²) in [4.78, 5) is 16.1. The van der Waals surface area contributed by atoms with Crippen molar-refractivity contribution in [1.82, 2.24) is 9.55 Å². The Labute approximate surface area is 105 Å². The fourth-order valence-corrected chi connectivity index (χ4v) is 2.67. The molecule has 3 rings (SSSR count). The van der Waals surface area contributed by atoms with Gasteiger partial charge in [0, 0.05) is 0 Å². The zero-order valence-corrected chi connectivity index (χ0v) is 10.8. The van der Waals surface area contributed by atoms with Crippen molar-refractivity contribution in [3.05, 3.63) is 22.2 Å². The van der Waals surface area contributed by atoms with E-state index >= 15 is 0 Å². The summed E-state index contributed by atoms with van der Waals surface area (Å²) < 4.78 is 16.0. The molecule has 0 fully saturated rings. The van der Waals surface area contributed by atoms with Crippen LogP contribution in [0.5, 0.6) is 0 Å². The molecule has 0 radical (unpaired) electrons. The van der Waals surface area contributed by atoms with Gasteiger partial charge in [-0.3, -0.25) is 4.79 Å². The molecule has 1 N–H and O–H groups in total. The Balaban J connectivity index is 2.52. The van der Waals surface area contributed by atoms with Crippen LogP contribution >= 0.6 is 15.9 Å². The van der Waals surface area contributed by atoms with Crippen LogP contribution in [0.4, 0.5) is 10.1 Å². The number of amides is 1. The molecule has 0 aliphatic carbocycles. The van der Waals surface area contributed by atoms with Gasteiger partial charge in [-0.2, -0.15) is 0 Å². The minimum absolute atomic E-state index is 0.207. The number of carbonyl (C=O) groups excluding carboxylic acids is 1. The minimum Gasteiger partial charge on any atom is -0.320 e. The van der Waals surface area contributed by atoms with Crippen LogP contribution < -0.4 is 5.32 Å². The van der Waals surface area contributed by atoms with Crippen molar-refractivity contribution in [1.29, 1.82) is 0 Å². The highest BCUT2D eigenvalue weighted by atomic mass is 79.9. The molecule has 1 aromatic carbocycles. The van der Waals surface area contributed by atoms with E-state index in [1.165, 1.54) is 0 Å². The molecule has 6 heteroatoms. The Morgan fingerprint density at radius 2 is 2.29 bits per heavy atom. The SMILES string of the molecule is Cc1nc2cc(Br)c(F)c3c2n1C(C)C(=O)N3. The number of carbonyl (C=O) groups is 1. The number of nitrogens with one attached hydrogen (secondary N) is 1. The highest BCUT2D eigenvalue weighted by molar-refractivity contribution is 9.10. The maximum absolute atomic E-state index is 14.0. The molecule has 1 aliphatic rings. The number of hydrogen-bond donors (Lipinski definition) is 1. The Morgan fingerprint density at radius 1 is 1.59 bits per heavy atom. The van der Waals surface area contributed by atoms with Gasteiger partial charge in [0.2, 0.25) is 5.91 Å². The quantitative estimate of drug-likeness (QED) is 0.813. The fraction of sp³-hybridized carbons (Fsp3) is 0.273. The molecule has 88 valence electrons. The van der Waals surface area contributed by atoms with Crippen LogP contribution in [0.15, 0.2) is 10.5 Å². The van der Waals surface area contributed by atoms with Crippen LogP contribution in [0, 0.1) is 12.7 Å². The number of hydrogen-bond acceptors (Lipinski definition) is 2. The Morgan fingerprint density at radius 3 is 3.00 bits per heavy atom. The van der Waals surface area contributed by atoms with Gasteiger partial charge in [-0.1, -0.05) is 0 Å². The van der Waals surface area contributed by atoms with Gasteiger partial charge in [0.05, 0.1) is 15.5 Å². The number of benzene rings is 1. The van der Waals surface area contributed by atoms with Gasteiger partial charge in [-0.15, -0.1) is 0 Å². The lowest BCUT2D eigenvalue weighted by molar-refractivity contribution is -0.119. The summed E-state index contributed by atoms with van der Waals surface area (Å²) in [7, 11) is 0. The van der Waals surface area contributed by atoms with Crippen LogP contribution in [0.1, 0.15) is 18.8 Å². The van der Waals surface area contributed by atoms with Crippen LogP contribution in [-0.4, -0.2) is 15.5 Å². The first-order valence-corrected chi connectivity index (χ1v) is 5.97. The third-order valence-electron chi connectivity index (χ3n) is 3.06. The second-order valence-corrected chi connectivity index (χ2v) is 4.96. The van der Waals surface area contributed by atoms with Gasteiger partial charge in [0.1, 0.15) is 17.6 Å². The number of aryl methyl sites for hydroxylation is 1. The van der Waals surface area contributed by atoms with Gasteiger partial charge in [0.15, 0.2) is 5.82 Å². The van der Waals surface area contributed by atoms with E-state index in [4.69, 9.17) is 0 Å². The summed E-state index contributed by atoms with van der Waals surface area (Å²) in [5, 5.41) is 2.59. The van der Waals surface area contributed by atoms with Gasteiger partial charge in [-0.25, -0.2) is 9.37 Å². The van der Waals surface area contributed by atoms with E-state index in [2.05, 4.69) is 26.2 Å². The molecule has 2 aromatic rings. The number of anilines is 1. The van der Waals surface area contributed by atoms with Crippen molar-refractivity contribution >= 4 is 38.6 Å². The normalized spacial score (nSPS) is 18.6. The Bertz CT molecular complexity index is 665. The molecular formula is C11H9BrFN3O. The van der Waals surface area contributed by atoms with Crippen LogP contribution in [0.3, 0.4) is 0 Å². The van der Waals surface area contributed by atoms with Crippen molar-refractivity contribution in [2.24, 2.45) is 0 Å². The summed E-state index contributed by atoms with van der Waals surface area (Å²) in [5.41, 5.74) is 1.53. The van der Waals surface area contributed by atoms with Crippen LogP contribution in [-0.2, 0) is 4.79 Å². The van der Waals surface area contributed by atoms with Crippen molar-refractivity contribution < 1.29 is 9.18 Å². The summed E-state index contributed by atoms with van der Waals surface area (Å²) in [6.07, 6.45) is 0. The molecule has 0 saturated carbocycles. The molecule has 0 saturated heterocycles. The lowest BCUT2D eigenvalue weighted by Gasteiger charge is -2.23. The standard InChI is InChI=1S/C11H9BrFN3O/c1-4-11(17)15-9-8(13)6(12)3-7-10(9)16(4)5(2)14-7/h3-4H,1-2H3,(H,15,17). The zero-order valence-electron chi connectivity index (χ0n) is 9.21. The average molecular weight is 298 g/mol. The van der Waals surface area contributed by atoms with E-state index < -0.39 is 5.82 Å². The first-order chi connectivity index (χ1) is 8.00. The van der Waals surface area contributed by atoms with E-state index in [1.807, 2.05) is 6.92 Å². The van der Waals surface area contributed by atoms with Gasteiger partial charge >= 0.3 is 0 Å². The summed E-state index contributed by atoms with van der Waals surface area (Å²) >= 11 is 3.13.